The van der Waals surface area contributed by atoms with Crippen LogP contribution in [0.15, 0.2) is 61.6 Å². The molecule has 0 atom stereocenters. The monoisotopic (exact) mass is 467 g/mol. The highest BCUT2D eigenvalue weighted by Gasteiger charge is 2.20. The van der Waals surface area contributed by atoms with Gasteiger partial charge in [-0.25, -0.2) is 8.42 Å². The molecule has 0 aliphatic carbocycles. The van der Waals surface area contributed by atoms with Gasteiger partial charge in [-0.3, -0.25) is 14.3 Å². The van der Waals surface area contributed by atoms with Gasteiger partial charge in [0.2, 0.25) is 0 Å². The Labute approximate surface area is 178 Å². The van der Waals surface area contributed by atoms with Crippen molar-refractivity contribution in [2.45, 2.75) is 4.90 Å². The number of thiophene rings is 1. The number of fused-ring (bicyclic) bond motifs is 1. The second kappa shape index (κ2) is 7.34. The smallest absolute Gasteiger partial charge is 0.314 e. The van der Waals surface area contributed by atoms with E-state index in [4.69, 9.17) is 23.2 Å². The molecule has 0 saturated carbocycles. The maximum Gasteiger partial charge on any atom is 0.314 e. The van der Waals surface area contributed by atoms with Crippen LogP contribution in [-0.2, 0) is 10.0 Å². The van der Waals surface area contributed by atoms with E-state index in [0.717, 1.165) is 11.1 Å². The van der Waals surface area contributed by atoms with Gasteiger partial charge in [0.15, 0.2) is 0 Å². The SMILES string of the molecule is O=c1[nH]c2cc(Cl)c(S(=O)(=O)Nc3ccc(-c4ccsc4)c(Cl)c3)cc2[nH]c1=O. The minimum atomic E-state index is -4.09. The topological polar surface area (TPSA) is 112 Å². The minimum absolute atomic E-state index is 0.117. The standard InChI is InChI=1S/C18H11Cl2N3O4S2/c19-12-5-10(1-2-11(12)9-3-4-28-8-9)23-29(26,27)16-7-15-14(6-13(16)20)21-17(24)18(25)22-15/h1-8,23H,(H,21,24)(H,22,25). The van der Waals surface area contributed by atoms with Crippen molar-refractivity contribution in [3.8, 4) is 11.1 Å². The number of hydrogen-bond acceptors (Lipinski definition) is 5. The predicted molar refractivity (Wildman–Crippen MR) is 116 cm³/mol. The third-order valence-corrected chi connectivity index (χ3v) is 6.96. The molecule has 0 unspecified atom stereocenters. The first kappa shape index (κ1) is 19.7. The highest BCUT2D eigenvalue weighted by atomic mass is 35.5. The minimum Gasteiger partial charge on any atom is -0.316 e. The third-order valence-electron chi connectivity index (χ3n) is 4.12. The molecular weight excluding hydrogens is 457 g/mol. The molecule has 0 aliphatic heterocycles. The molecule has 4 aromatic rings. The summed E-state index contributed by atoms with van der Waals surface area (Å²) in [5.41, 5.74) is 0.549. The number of halogens is 2. The Bertz CT molecular complexity index is 1460. The van der Waals surface area contributed by atoms with Crippen LogP contribution in [0.1, 0.15) is 0 Å². The molecule has 4 rings (SSSR count). The van der Waals surface area contributed by atoms with Crippen LogP contribution in [0.3, 0.4) is 0 Å². The molecule has 2 aromatic carbocycles. The molecule has 29 heavy (non-hydrogen) atoms. The lowest BCUT2D eigenvalue weighted by atomic mass is 10.1. The summed E-state index contributed by atoms with van der Waals surface area (Å²) in [7, 11) is -4.09. The first-order valence-electron chi connectivity index (χ1n) is 8.05. The normalized spacial score (nSPS) is 11.7. The summed E-state index contributed by atoms with van der Waals surface area (Å²) in [6.07, 6.45) is 0. The van der Waals surface area contributed by atoms with Crippen LogP contribution in [0.25, 0.3) is 22.2 Å². The summed E-state index contributed by atoms with van der Waals surface area (Å²) in [4.78, 5) is 27.4. The molecule has 0 bridgehead atoms. The van der Waals surface area contributed by atoms with Crippen molar-refractivity contribution in [1.82, 2.24) is 9.97 Å². The number of H-pyrrole nitrogens is 2. The van der Waals surface area contributed by atoms with Gasteiger partial charge in [-0.15, -0.1) is 0 Å². The molecule has 7 nitrogen and oxygen atoms in total. The van der Waals surface area contributed by atoms with Crippen LogP contribution in [0, 0.1) is 0 Å². The van der Waals surface area contributed by atoms with E-state index < -0.39 is 21.1 Å². The van der Waals surface area contributed by atoms with Gasteiger partial charge in [0, 0.05) is 5.56 Å². The Balaban J connectivity index is 1.73. The Morgan fingerprint density at radius 3 is 2.21 bits per heavy atom. The second-order valence-corrected chi connectivity index (χ2v) is 9.29. The zero-order valence-electron chi connectivity index (χ0n) is 14.3. The van der Waals surface area contributed by atoms with E-state index in [1.165, 1.54) is 29.5 Å². The molecule has 3 N–H and O–H groups in total. The average Bonchev–Trinajstić information content (AvgIpc) is 3.16. The van der Waals surface area contributed by atoms with Crippen LogP contribution >= 0.6 is 34.5 Å². The molecule has 0 saturated heterocycles. The Kier molecular flexibility index (Phi) is 4.99. The molecule has 0 spiro atoms. The van der Waals surface area contributed by atoms with Crippen molar-refractivity contribution in [1.29, 1.82) is 0 Å². The van der Waals surface area contributed by atoms with Crippen molar-refractivity contribution >= 4 is 61.3 Å². The summed E-state index contributed by atoms with van der Waals surface area (Å²) < 4.78 is 28.1. The van der Waals surface area contributed by atoms with Crippen LogP contribution in [0.4, 0.5) is 5.69 Å². The molecule has 2 heterocycles. The fourth-order valence-corrected chi connectivity index (χ4v) is 5.31. The lowest BCUT2D eigenvalue weighted by Crippen LogP contribution is -2.29. The van der Waals surface area contributed by atoms with Gasteiger partial charge in [-0.1, -0.05) is 29.3 Å². The molecule has 2 aromatic heterocycles. The van der Waals surface area contributed by atoms with E-state index in [-0.39, 0.29) is 26.6 Å². The van der Waals surface area contributed by atoms with Crippen molar-refractivity contribution < 1.29 is 8.42 Å². The highest BCUT2D eigenvalue weighted by molar-refractivity contribution is 7.92. The second-order valence-electron chi connectivity index (χ2n) is 6.05. The third kappa shape index (κ3) is 3.82. The zero-order valence-corrected chi connectivity index (χ0v) is 17.5. The van der Waals surface area contributed by atoms with Crippen molar-refractivity contribution in [3.63, 3.8) is 0 Å². The van der Waals surface area contributed by atoms with Gasteiger partial charge in [0.25, 0.3) is 10.0 Å². The molecule has 0 amide bonds. The number of sulfonamides is 1. The average molecular weight is 468 g/mol. The highest BCUT2D eigenvalue weighted by Crippen LogP contribution is 2.33. The van der Waals surface area contributed by atoms with Gasteiger partial charge in [-0.2, -0.15) is 11.3 Å². The first-order valence-corrected chi connectivity index (χ1v) is 11.2. The lowest BCUT2D eigenvalue weighted by molar-refractivity contribution is 0.601. The summed E-state index contributed by atoms with van der Waals surface area (Å²) >= 11 is 13.9. The van der Waals surface area contributed by atoms with Gasteiger partial charge in [-0.05, 0) is 46.7 Å². The van der Waals surface area contributed by atoms with E-state index in [0.29, 0.717) is 5.02 Å². The molecule has 0 aliphatic rings. The van der Waals surface area contributed by atoms with Crippen LogP contribution < -0.4 is 15.8 Å². The van der Waals surface area contributed by atoms with Crippen molar-refractivity contribution in [2.75, 3.05) is 4.72 Å². The molecule has 0 fully saturated rings. The Hall–Kier alpha value is -2.59. The maximum absolute atomic E-state index is 12.8. The quantitative estimate of drug-likeness (QED) is 0.392. The summed E-state index contributed by atoms with van der Waals surface area (Å²) in [5, 5.41) is 4.12. The van der Waals surface area contributed by atoms with Gasteiger partial charge in [0.05, 0.1) is 26.8 Å². The van der Waals surface area contributed by atoms with E-state index in [2.05, 4.69) is 14.7 Å². The van der Waals surface area contributed by atoms with Crippen molar-refractivity contribution in [3.05, 3.63) is 77.9 Å². The largest absolute Gasteiger partial charge is 0.316 e. The van der Waals surface area contributed by atoms with Crippen LogP contribution in [0.5, 0.6) is 0 Å². The molecule has 148 valence electrons. The Morgan fingerprint density at radius 1 is 0.897 bits per heavy atom. The van der Waals surface area contributed by atoms with Gasteiger partial charge in [0.1, 0.15) is 4.90 Å². The van der Waals surface area contributed by atoms with Crippen molar-refractivity contribution in [2.24, 2.45) is 0 Å². The van der Waals surface area contributed by atoms with E-state index in [9.17, 15) is 18.0 Å². The number of rotatable bonds is 4. The number of benzene rings is 2. The molecule has 11 heteroatoms. The van der Waals surface area contributed by atoms with E-state index >= 15 is 0 Å². The predicted octanol–water partition coefficient (Wildman–Crippen LogP) is 4.05. The summed E-state index contributed by atoms with van der Waals surface area (Å²) in [5.74, 6) is 0. The fourth-order valence-electron chi connectivity index (χ4n) is 2.76. The summed E-state index contributed by atoms with van der Waals surface area (Å²) in [6.45, 7) is 0. The van der Waals surface area contributed by atoms with E-state index in [1.807, 2.05) is 16.8 Å². The van der Waals surface area contributed by atoms with Crippen LogP contribution in [-0.4, -0.2) is 18.4 Å². The molecule has 0 radical (unpaired) electrons. The number of aromatic amines is 2. The fraction of sp³-hybridized carbons (Fsp3) is 0. The molecular formula is C18H11Cl2N3O4S2. The maximum atomic E-state index is 12.8. The zero-order chi connectivity index (χ0) is 20.8. The Morgan fingerprint density at radius 2 is 1.59 bits per heavy atom. The number of hydrogen-bond donors (Lipinski definition) is 3. The summed E-state index contributed by atoms with van der Waals surface area (Å²) in [6, 6.07) is 9.15. The van der Waals surface area contributed by atoms with E-state index in [1.54, 1.807) is 12.1 Å². The first-order chi connectivity index (χ1) is 13.7. The number of nitrogens with one attached hydrogen (secondary N) is 3. The van der Waals surface area contributed by atoms with Gasteiger partial charge >= 0.3 is 11.1 Å². The van der Waals surface area contributed by atoms with Crippen LogP contribution in [0.2, 0.25) is 10.0 Å². The lowest BCUT2D eigenvalue weighted by Gasteiger charge is -2.12. The van der Waals surface area contributed by atoms with Gasteiger partial charge < -0.3 is 9.97 Å². The number of anilines is 1. The number of aromatic nitrogens is 2.